The minimum Gasteiger partial charge on any atom is -0.455 e. The Morgan fingerprint density at radius 1 is 0.357 bits per heavy atom. The van der Waals surface area contributed by atoms with Crippen molar-refractivity contribution in [1.82, 2.24) is 9.38 Å². The summed E-state index contributed by atoms with van der Waals surface area (Å²) < 4.78 is 9.20. The zero-order valence-electron chi connectivity index (χ0n) is 30.1. The van der Waals surface area contributed by atoms with E-state index < -0.39 is 0 Å². The highest BCUT2D eigenvalue weighted by atomic mass is 16.3. The Hall–Kier alpha value is -7.49. The molecule has 0 unspecified atom stereocenters. The van der Waals surface area contributed by atoms with Crippen molar-refractivity contribution >= 4 is 103 Å². The average molecular weight is 711 g/mol. The van der Waals surface area contributed by atoms with Crippen LogP contribution in [0.15, 0.2) is 186 Å². The number of aromatic nitrogens is 2. The number of rotatable bonds is 2. The third-order valence-corrected chi connectivity index (χ3v) is 12.1. The topological polar surface area (TPSA) is 30.4 Å². The lowest BCUT2D eigenvalue weighted by atomic mass is 9.85. The summed E-state index contributed by atoms with van der Waals surface area (Å²) in [5.74, 6) is 0. The Morgan fingerprint density at radius 2 is 0.857 bits per heavy atom. The summed E-state index contributed by atoms with van der Waals surface area (Å²) in [5.41, 5.74) is 10.9. The van der Waals surface area contributed by atoms with Crippen LogP contribution in [0.5, 0.6) is 0 Å². The predicted molar refractivity (Wildman–Crippen MR) is 236 cm³/mol. The second-order valence-corrected chi connectivity index (χ2v) is 15.0. The summed E-state index contributed by atoms with van der Waals surface area (Å²) in [4.78, 5) is 5.11. The first kappa shape index (κ1) is 29.9. The van der Waals surface area contributed by atoms with Crippen molar-refractivity contribution in [3.05, 3.63) is 182 Å². The van der Waals surface area contributed by atoms with Gasteiger partial charge in [0.05, 0.1) is 16.6 Å². The fourth-order valence-corrected chi connectivity index (χ4v) is 9.78. The highest BCUT2D eigenvalue weighted by Crippen LogP contribution is 2.47. The average Bonchev–Trinajstić information content (AvgIpc) is 3.85. The van der Waals surface area contributed by atoms with E-state index >= 15 is 0 Å². The molecule has 0 aliphatic carbocycles. The van der Waals surface area contributed by atoms with E-state index in [9.17, 15) is 0 Å². The van der Waals surface area contributed by atoms with Gasteiger partial charge >= 0.3 is 0 Å². The molecule has 0 atom stereocenters. The molecule has 13 rings (SSSR count). The zero-order chi connectivity index (χ0) is 36.5. The summed E-state index contributed by atoms with van der Waals surface area (Å²) in [7, 11) is 0. The molecule has 13 aromatic rings. The van der Waals surface area contributed by atoms with Crippen LogP contribution in [0.3, 0.4) is 0 Å². The first-order chi connectivity index (χ1) is 27.8. The lowest BCUT2D eigenvalue weighted by Gasteiger charge is -2.18. The third kappa shape index (κ3) is 3.93. The van der Waals surface area contributed by atoms with Crippen LogP contribution in [-0.4, -0.2) is 9.38 Å². The van der Waals surface area contributed by atoms with Crippen LogP contribution < -0.4 is 0 Å². The smallest absolute Gasteiger partial charge is 0.146 e. The van der Waals surface area contributed by atoms with Gasteiger partial charge in [0.15, 0.2) is 0 Å². The minimum absolute atomic E-state index is 0.899. The fourth-order valence-electron chi connectivity index (χ4n) is 9.78. The van der Waals surface area contributed by atoms with Gasteiger partial charge in [-0.1, -0.05) is 146 Å². The molecule has 0 saturated heterocycles. The molecule has 0 aliphatic heterocycles. The lowest BCUT2D eigenvalue weighted by molar-refractivity contribution is 0.673. The fraction of sp³-hybridized carbons (Fsp3) is 0. The van der Waals surface area contributed by atoms with E-state index in [0.29, 0.717) is 0 Å². The van der Waals surface area contributed by atoms with Crippen molar-refractivity contribution in [3.8, 4) is 22.3 Å². The molecule has 10 aromatic carbocycles. The molecule has 0 spiro atoms. The first-order valence-corrected chi connectivity index (χ1v) is 19.2. The van der Waals surface area contributed by atoms with Gasteiger partial charge in [-0.25, -0.2) is 4.98 Å². The maximum absolute atomic E-state index is 6.87. The normalized spacial score (nSPS) is 12.3. The van der Waals surface area contributed by atoms with E-state index in [2.05, 4.69) is 186 Å². The van der Waals surface area contributed by atoms with E-state index in [1.165, 1.54) is 70.6 Å². The quantitative estimate of drug-likeness (QED) is 0.132. The second-order valence-electron chi connectivity index (χ2n) is 15.0. The summed E-state index contributed by atoms with van der Waals surface area (Å²) in [6.07, 6.45) is 0. The van der Waals surface area contributed by atoms with Crippen molar-refractivity contribution in [3.63, 3.8) is 0 Å². The molecule has 56 heavy (non-hydrogen) atoms. The summed E-state index contributed by atoms with van der Waals surface area (Å²) in [6.45, 7) is 0. The summed E-state index contributed by atoms with van der Waals surface area (Å²) >= 11 is 0. The number of fused-ring (bicyclic) bond motifs is 18. The Balaban J connectivity index is 1.09. The van der Waals surface area contributed by atoms with Crippen molar-refractivity contribution in [2.45, 2.75) is 0 Å². The molecule has 0 bridgehead atoms. The van der Waals surface area contributed by atoms with Gasteiger partial charge in [0.1, 0.15) is 16.8 Å². The van der Waals surface area contributed by atoms with Crippen LogP contribution in [0.4, 0.5) is 0 Å². The maximum atomic E-state index is 6.87. The van der Waals surface area contributed by atoms with Crippen LogP contribution in [0.2, 0.25) is 0 Å². The third-order valence-electron chi connectivity index (χ3n) is 12.1. The Labute approximate surface area is 320 Å². The number of furan rings is 1. The van der Waals surface area contributed by atoms with E-state index in [1.807, 2.05) is 0 Å². The number of nitrogens with zero attached hydrogens (tertiary/aromatic N) is 2. The molecule has 0 saturated carbocycles. The van der Waals surface area contributed by atoms with Gasteiger partial charge in [0.25, 0.3) is 0 Å². The van der Waals surface area contributed by atoms with Gasteiger partial charge in [-0.2, -0.15) is 0 Å². The van der Waals surface area contributed by atoms with Crippen molar-refractivity contribution < 1.29 is 4.42 Å². The van der Waals surface area contributed by atoms with Crippen LogP contribution in [0.1, 0.15) is 0 Å². The number of hydrogen-bond donors (Lipinski definition) is 0. The Morgan fingerprint density at radius 3 is 1.54 bits per heavy atom. The minimum atomic E-state index is 0.899. The number of benzene rings is 10. The molecule has 3 aromatic heterocycles. The molecule has 3 heteroatoms. The zero-order valence-corrected chi connectivity index (χ0v) is 30.1. The van der Waals surface area contributed by atoms with Crippen molar-refractivity contribution in [1.29, 1.82) is 0 Å². The highest BCUT2D eigenvalue weighted by molar-refractivity contribution is 6.31. The van der Waals surface area contributed by atoms with E-state index in [-0.39, 0.29) is 0 Å². The van der Waals surface area contributed by atoms with Gasteiger partial charge in [-0.05, 0) is 102 Å². The van der Waals surface area contributed by atoms with Gasteiger partial charge in [0.2, 0.25) is 0 Å². The monoisotopic (exact) mass is 710 g/mol. The molecular weight excluding hydrogens is 681 g/mol. The Bertz CT molecular complexity index is 3770. The molecule has 0 N–H and O–H groups in total. The lowest BCUT2D eigenvalue weighted by Crippen LogP contribution is -1.94. The van der Waals surface area contributed by atoms with E-state index in [1.54, 1.807) is 0 Å². The molecule has 0 fully saturated rings. The first-order valence-electron chi connectivity index (χ1n) is 19.2. The maximum Gasteiger partial charge on any atom is 0.146 e. The highest BCUT2D eigenvalue weighted by Gasteiger charge is 2.21. The molecule has 3 heterocycles. The summed E-state index contributed by atoms with van der Waals surface area (Å²) in [6, 6.07) is 66.0. The Kier molecular flexibility index (Phi) is 5.89. The standard InChI is InChI=1S/C53H30N2O/c1-4-16-36-33(13-1)34-14-2-9-21-41(34)52-51(36)43-27-25-32(30-48(43)56-52)50-39-19-7-5-17-37(39)49(38-18-6-8-20-40(38)50)31-26-28-46-44(29-31)35-15-3-10-22-42(35)53-54-45-23-11-12-24-47(45)55(46)53/h1-30H. The van der Waals surface area contributed by atoms with Crippen molar-refractivity contribution in [2.75, 3.05) is 0 Å². The van der Waals surface area contributed by atoms with Gasteiger partial charge in [0, 0.05) is 26.9 Å². The van der Waals surface area contributed by atoms with Gasteiger partial charge in [-0.15, -0.1) is 0 Å². The number of hydrogen-bond acceptors (Lipinski definition) is 2. The van der Waals surface area contributed by atoms with Crippen LogP contribution >= 0.6 is 0 Å². The molecule has 0 aliphatic rings. The second kappa shape index (κ2) is 11.0. The molecule has 3 nitrogen and oxygen atoms in total. The van der Waals surface area contributed by atoms with Crippen LogP contribution in [0.25, 0.3) is 126 Å². The molecule has 0 radical (unpaired) electrons. The van der Waals surface area contributed by atoms with Crippen LogP contribution in [-0.2, 0) is 0 Å². The molecular formula is C53H30N2O. The largest absolute Gasteiger partial charge is 0.455 e. The van der Waals surface area contributed by atoms with Gasteiger partial charge < -0.3 is 4.42 Å². The van der Waals surface area contributed by atoms with Gasteiger partial charge in [-0.3, -0.25) is 4.40 Å². The van der Waals surface area contributed by atoms with Crippen molar-refractivity contribution in [2.24, 2.45) is 0 Å². The SMILES string of the molecule is c1ccc2c(c1)nc1c3ccccc3c3cc(-c4c5ccccc5c(-c5ccc6c(c5)oc5c7ccccc7c7ccccc7c65)c5ccccc45)ccc3n21. The van der Waals surface area contributed by atoms with Crippen LogP contribution in [0, 0.1) is 0 Å². The number of pyridine rings is 1. The predicted octanol–water partition coefficient (Wildman–Crippen LogP) is 14.6. The molecule has 0 amide bonds. The summed E-state index contributed by atoms with van der Waals surface area (Å²) in [5, 5.41) is 15.6. The van der Waals surface area contributed by atoms with E-state index in [0.717, 1.165) is 55.1 Å². The number of para-hydroxylation sites is 2. The molecule has 258 valence electrons. The number of imidazole rings is 1. The van der Waals surface area contributed by atoms with E-state index in [4.69, 9.17) is 9.40 Å².